The molecule has 0 amide bonds. The Bertz CT molecular complexity index is 1230. The topological polar surface area (TPSA) is 96.9 Å². The standard InChI is InChI=1S/C18H12Cl2IN6O2P/c19-15-10(6-22)2-1-3-14(15)29-17-11-4-5-26(8-12(11)23-9-24-17)13-7-25-27(30-21)18(28)16(13)20/h1-3,7,9,30H,4-5,8H2. The van der Waals surface area contributed by atoms with Gasteiger partial charge in [0, 0.05) is 12.1 Å². The molecule has 0 fully saturated rings. The molecule has 12 heteroatoms. The summed E-state index contributed by atoms with van der Waals surface area (Å²) in [5, 5.41) is 13.7. The van der Waals surface area contributed by atoms with E-state index in [0.717, 1.165) is 11.3 Å². The van der Waals surface area contributed by atoms with Crippen LogP contribution in [0.25, 0.3) is 0 Å². The van der Waals surface area contributed by atoms with Gasteiger partial charge in [0.1, 0.15) is 28.2 Å². The lowest BCUT2D eigenvalue weighted by molar-refractivity contribution is 0.449. The zero-order valence-corrected chi connectivity index (χ0v) is 19.8. The summed E-state index contributed by atoms with van der Waals surface area (Å²) in [7, 11) is 0. The maximum Gasteiger partial charge on any atom is 0.291 e. The fraction of sp³-hybridized carbons (Fsp3) is 0.167. The van der Waals surface area contributed by atoms with E-state index in [-0.39, 0.29) is 22.0 Å². The smallest absolute Gasteiger partial charge is 0.291 e. The fourth-order valence-electron chi connectivity index (χ4n) is 3.10. The van der Waals surface area contributed by atoms with Gasteiger partial charge in [-0.1, -0.05) is 29.3 Å². The van der Waals surface area contributed by atoms with Gasteiger partial charge in [0.2, 0.25) is 5.88 Å². The number of ether oxygens (including phenoxy) is 1. The van der Waals surface area contributed by atoms with Gasteiger partial charge in [0.05, 0.1) is 36.1 Å². The molecule has 4 rings (SSSR count). The van der Waals surface area contributed by atoms with Crippen LogP contribution in [-0.4, -0.2) is 26.1 Å². The third-order valence-corrected chi connectivity index (χ3v) is 7.17. The van der Waals surface area contributed by atoms with Crippen LogP contribution in [0.15, 0.2) is 35.5 Å². The highest BCUT2D eigenvalue weighted by molar-refractivity contribution is 14.2. The minimum absolute atomic E-state index is 0.142. The number of aromatic nitrogens is 4. The van der Waals surface area contributed by atoms with Crippen molar-refractivity contribution in [3.8, 4) is 17.7 Å². The van der Waals surface area contributed by atoms with Crippen LogP contribution in [0.2, 0.25) is 10.0 Å². The molecule has 3 heterocycles. The van der Waals surface area contributed by atoms with Gasteiger partial charge in [-0.05, 0) is 40.6 Å². The quantitative estimate of drug-likeness (QED) is 0.338. The van der Waals surface area contributed by atoms with Crippen molar-refractivity contribution in [1.29, 1.82) is 5.26 Å². The first-order chi connectivity index (χ1) is 14.5. The Balaban J connectivity index is 1.64. The van der Waals surface area contributed by atoms with Crippen molar-refractivity contribution in [2.24, 2.45) is 0 Å². The van der Waals surface area contributed by atoms with Crippen molar-refractivity contribution in [1.82, 2.24) is 19.5 Å². The molecule has 1 aromatic carbocycles. The van der Waals surface area contributed by atoms with Crippen molar-refractivity contribution >= 4 is 57.3 Å². The molecule has 3 aromatic rings. The molecule has 0 bridgehead atoms. The number of fused-ring (bicyclic) bond motifs is 1. The summed E-state index contributed by atoms with van der Waals surface area (Å²) in [6.07, 6.45) is 3.77. The van der Waals surface area contributed by atoms with Gasteiger partial charge in [0.25, 0.3) is 5.56 Å². The van der Waals surface area contributed by atoms with Crippen molar-refractivity contribution in [3.63, 3.8) is 0 Å². The molecular weight excluding hydrogens is 561 g/mol. The molecule has 152 valence electrons. The minimum Gasteiger partial charge on any atom is -0.437 e. The molecule has 0 saturated heterocycles. The molecule has 1 unspecified atom stereocenters. The molecular formula is C18H12Cl2IN6O2P. The summed E-state index contributed by atoms with van der Waals surface area (Å²) in [6, 6.07) is 7.03. The van der Waals surface area contributed by atoms with Crippen molar-refractivity contribution in [2.75, 3.05) is 11.4 Å². The van der Waals surface area contributed by atoms with E-state index in [1.54, 1.807) is 24.4 Å². The summed E-state index contributed by atoms with van der Waals surface area (Å²) in [4.78, 5) is 22.9. The van der Waals surface area contributed by atoms with E-state index in [1.807, 2.05) is 11.0 Å². The van der Waals surface area contributed by atoms with Crippen LogP contribution in [0.3, 0.4) is 0 Å². The van der Waals surface area contributed by atoms with Gasteiger partial charge in [-0.15, -0.1) is 0 Å². The zero-order valence-electron chi connectivity index (χ0n) is 15.1. The second-order valence-corrected chi connectivity index (χ2v) is 9.05. The third-order valence-electron chi connectivity index (χ3n) is 4.58. The maximum atomic E-state index is 12.3. The minimum atomic E-state index is -0.313. The molecule has 0 spiro atoms. The van der Waals surface area contributed by atoms with Crippen LogP contribution in [0, 0.1) is 11.3 Å². The van der Waals surface area contributed by atoms with Crippen LogP contribution in [0.1, 0.15) is 16.8 Å². The van der Waals surface area contributed by atoms with Crippen molar-refractivity contribution in [2.45, 2.75) is 13.0 Å². The zero-order chi connectivity index (χ0) is 21.3. The van der Waals surface area contributed by atoms with E-state index in [4.69, 9.17) is 33.2 Å². The highest BCUT2D eigenvalue weighted by atomic mass is 127. The number of benzene rings is 1. The van der Waals surface area contributed by atoms with Crippen LogP contribution in [0.4, 0.5) is 5.69 Å². The van der Waals surface area contributed by atoms with E-state index in [9.17, 15) is 4.79 Å². The number of nitriles is 1. The van der Waals surface area contributed by atoms with Crippen LogP contribution in [0.5, 0.6) is 11.6 Å². The van der Waals surface area contributed by atoms with E-state index >= 15 is 0 Å². The molecule has 1 aliphatic rings. The lowest BCUT2D eigenvalue weighted by atomic mass is 10.1. The Morgan fingerprint density at radius 1 is 1.27 bits per heavy atom. The Kier molecular flexibility index (Phi) is 6.39. The number of halogens is 3. The Hall–Kier alpha value is -1.99. The normalized spacial score (nSPS) is 13.3. The average molecular weight is 573 g/mol. The predicted molar refractivity (Wildman–Crippen MR) is 124 cm³/mol. The van der Waals surface area contributed by atoms with Gasteiger partial charge in [-0.25, -0.2) is 14.4 Å². The van der Waals surface area contributed by atoms with Gasteiger partial charge in [0.15, 0.2) is 0 Å². The summed E-state index contributed by atoms with van der Waals surface area (Å²) >= 11 is 14.6. The van der Waals surface area contributed by atoms with E-state index in [1.165, 1.54) is 10.8 Å². The number of hydrogen-bond donors (Lipinski definition) is 0. The monoisotopic (exact) mass is 572 g/mol. The van der Waals surface area contributed by atoms with Gasteiger partial charge >= 0.3 is 0 Å². The van der Waals surface area contributed by atoms with E-state index < -0.39 is 0 Å². The maximum absolute atomic E-state index is 12.3. The molecule has 1 atom stereocenters. The van der Waals surface area contributed by atoms with E-state index in [2.05, 4.69) is 37.1 Å². The lowest BCUT2D eigenvalue weighted by Gasteiger charge is -2.30. The molecule has 8 nitrogen and oxygen atoms in total. The second kappa shape index (κ2) is 9.02. The number of rotatable bonds is 4. The summed E-state index contributed by atoms with van der Waals surface area (Å²) < 4.78 is 7.25. The Labute approximate surface area is 196 Å². The number of anilines is 1. The Morgan fingerprint density at radius 2 is 2.10 bits per heavy atom. The average Bonchev–Trinajstić information content (AvgIpc) is 2.77. The first-order valence-electron chi connectivity index (χ1n) is 8.62. The summed E-state index contributed by atoms with van der Waals surface area (Å²) in [6.45, 7) is 1.01. The highest BCUT2D eigenvalue weighted by Gasteiger charge is 2.25. The molecule has 1 aliphatic heterocycles. The molecule has 2 aromatic heterocycles. The van der Waals surface area contributed by atoms with E-state index in [0.29, 0.717) is 42.4 Å². The van der Waals surface area contributed by atoms with Crippen LogP contribution < -0.4 is 15.2 Å². The molecule has 0 saturated carbocycles. The van der Waals surface area contributed by atoms with Crippen molar-refractivity contribution < 1.29 is 4.74 Å². The molecule has 0 N–H and O–H groups in total. The summed E-state index contributed by atoms with van der Waals surface area (Å²) in [5.74, 6) is 0.747. The Morgan fingerprint density at radius 3 is 2.87 bits per heavy atom. The molecule has 0 aliphatic carbocycles. The lowest BCUT2D eigenvalue weighted by Crippen LogP contribution is -2.33. The fourth-order valence-corrected chi connectivity index (χ4v) is 4.95. The first kappa shape index (κ1) is 21.2. The highest BCUT2D eigenvalue weighted by Crippen LogP contribution is 2.35. The predicted octanol–water partition coefficient (Wildman–Crippen LogP) is 4.36. The van der Waals surface area contributed by atoms with Crippen LogP contribution in [-0.2, 0) is 13.0 Å². The SMILES string of the molecule is N#Cc1cccc(Oc2ncnc3c2CCN(c2cnn(PI)c(=O)c2Cl)C3)c1Cl. The number of nitrogens with zero attached hydrogens (tertiary/aromatic N) is 6. The first-order valence-corrected chi connectivity index (χ1v) is 13.4. The van der Waals surface area contributed by atoms with Crippen LogP contribution >= 0.6 is 51.6 Å². The third kappa shape index (κ3) is 3.97. The van der Waals surface area contributed by atoms with Gasteiger partial charge in [-0.3, -0.25) is 4.79 Å². The number of hydrogen-bond acceptors (Lipinski definition) is 7. The molecule has 30 heavy (non-hydrogen) atoms. The van der Waals surface area contributed by atoms with Gasteiger partial charge < -0.3 is 9.64 Å². The second-order valence-electron chi connectivity index (χ2n) is 6.25. The largest absolute Gasteiger partial charge is 0.437 e. The molecule has 0 radical (unpaired) electrons. The summed E-state index contributed by atoms with van der Waals surface area (Å²) in [5.41, 5.74) is 2.19. The van der Waals surface area contributed by atoms with Gasteiger partial charge in [-0.2, -0.15) is 10.4 Å². The van der Waals surface area contributed by atoms with Crippen molar-refractivity contribution in [3.05, 3.63) is 67.9 Å².